The van der Waals surface area contributed by atoms with Crippen LogP contribution in [0.3, 0.4) is 0 Å². The Hall–Kier alpha value is -1.77. The van der Waals surface area contributed by atoms with Crippen molar-refractivity contribution in [1.82, 2.24) is 0 Å². The van der Waals surface area contributed by atoms with Gasteiger partial charge >= 0.3 is 6.03 Å². The van der Waals surface area contributed by atoms with Crippen LogP contribution >= 0.6 is 0 Å². The van der Waals surface area contributed by atoms with Gasteiger partial charge in [-0.3, -0.25) is 0 Å². The van der Waals surface area contributed by atoms with E-state index in [9.17, 15) is 4.79 Å². The van der Waals surface area contributed by atoms with Gasteiger partial charge in [0.15, 0.2) is 0 Å². The lowest BCUT2D eigenvalue weighted by Gasteiger charge is -1.96. The normalized spacial score (nSPS) is 14.8. The molecule has 0 N–H and O–H groups in total. The van der Waals surface area contributed by atoms with Crippen molar-refractivity contribution in [2.45, 2.75) is 6.42 Å². The summed E-state index contributed by atoms with van der Waals surface area (Å²) in [4.78, 5) is 17.9. The lowest BCUT2D eigenvalue weighted by atomic mass is 10.1. The second-order valence-electron chi connectivity index (χ2n) is 2.81. The highest BCUT2D eigenvalue weighted by molar-refractivity contribution is 6.37. The first-order valence-electron chi connectivity index (χ1n) is 4.04. The second kappa shape index (κ2) is 3.31. The molecule has 0 radical (unpaired) electrons. The molecule has 0 aromatic heterocycles. The lowest BCUT2D eigenvalue weighted by molar-refractivity contribution is 0.257. The van der Waals surface area contributed by atoms with E-state index in [1.165, 1.54) is 6.21 Å². The molecule has 3 heteroatoms. The van der Waals surface area contributed by atoms with Gasteiger partial charge in [0.25, 0.3) is 0 Å². The van der Waals surface area contributed by atoms with E-state index in [2.05, 4.69) is 9.98 Å². The molecule has 0 bridgehead atoms. The fourth-order valence-corrected chi connectivity index (χ4v) is 1.20. The van der Waals surface area contributed by atoms with Crippen molar-refractivity contribution in [3.05, 3.63) is 35.9 Å². The molecule has 64 valence electrons. The molecule has 2 rings (SSSR count). The first kappa shape index (κ1) is 7.86. The van der Waals surface area contributed by atoms with Crippen molar-refractivity contribution in [1.29, 1.82) is 0 Å². The van der Waals surface area contributed by atoms with Crippen LogP contribution in [-0.4, -0.2) is 18.0 Å². The van der Waals surface area contributed by atoms with Crippen molar-refractivity contribution >= 4 is 18.0 Å². The average molecular weight is 172 g/mol. The van der Waals surface area contributed by atoms with Crippen LogP contribution in [0.15, 0.2) is 40.3 Å². The van der Waals surface area contributed by atoms with Crippen LogP contribution in [0.5, 0.6) is 0 Å². The van der Waals surface area contributed by atoms with Gasteiger partial charge in [-0.05, 0) is 5.56 Å². The molecule has 0 spiro atoms. The number of hydrogen-bond donors (Lipinski definition) is 0. The lowest BCUT2D eigenvalue weighted by Crippen LogP contribution is -2.01. The molecule has 1 aromatic carbocycles. The van der Waals surface area contributed by atoms with Gasteiger partial charge in [0.2, 0.25) is 0 Å². The van der Waals surface area contributed by atoms with Gasteiger partial charge in [-0.1, -0.05) is 30.3 Å². The van der Waals surface area contributed by atoms with Crippen LogP contribution in [0.25, 0.3) is 0 Å². The highest BCUT2D eigenvalue weighted by Gasteiger charge is 2.07. The maximum atomic E-state index is 10.7. The second-order valence-corrected chi connectivity index (χ2v) is 2.81. The number of carbonyl (C=O) groups is 1. The molecule has 0 saturated carbocycles. The molecule has 0 aliphatic carbocycles. The topological polar surface area (TPSA) is 41.8 Å². The van der Waals surface area contributed by atoms with Crippen LogP contribution in [0.2, 0.25) is 0 Å². The number of nitrogens with zero attached hydrogens (tertiary/aromatic N) is 2. The number of carbonyl (C=O) groups excluding carboxylic acids is 1. The van der Waals surface area contributed by atoms with Gasteiger partial charge in [0.1, 0.15) is 0 Å². The smallest absolute Gasteiger partial charge is 0.244 e. The van der Waals surface area contributed by atoms with Crippen molar-refractivity contribution in [3.63, 3.8) is 0 Å². The quantitative estimate of drug-likeness (QED) is 0.671. The van der Waals surface area contributed by atoms with Crippen molar-refractivity contribution in [2.24, 2.45) is 9.98 Å². The molecule has 1 aliphatic rings. The third-order valence-corrected chi connectivity index (χ3v) is 1.79. The highest BCUT2D eigenvalue weighted by Crippen LogP contribution is 2.03. The number of hydrogen-bond acceptors (Lipinski definition) is 1. The molecule has 0 atom stereocenters. The average Bonchev–Trinajstić information content (AvgIpc) is 2.53. The van der Waals surface area contributed by atoms with Crippen LogP contribution in [0, 0.1) is 0 Å². The van der Waals surface area contributed by atoms with E-state index < -0.39 is 6.03 Å². The summed E-state index contributed by atoms with van der Waals surface area (Å²) in [6.45, 7) is 0. The summed E-state index contributed by atoms with van der Waals surface area (Å²) in [7, 11) is 0. The molecule has 2 amide bonds. The number of aliphatic imine (C=N–C) groups is 2. The van der Waals surface area contributed by atoms with Gasteiger partial charge < -0.3 is 0 Å². The predicted octanol–water partition coefficient (Wildman–Crippen LogP) is 1.87. The fraction of sp³-hybridized carbons (Fsp3) is 0.100. The summed E-state index contributed by atoms with van der Waals surface area (Å²) < 4.78 is 0. The minimum absolute atomic E-state index is 0.397. The fourth-order valence-electron chi connectivity index (χ4n) is 1.20. The molecule has 0 unspecified atom stereocenters. The van der Waals surface area contributed by atoms with Gasteiger partial charge in [-0.2, -0.15) is 9.98 Å². The van der Waals surface area contributed by atoms with Crippen LogP contribution in [0.1, 0.15) is 5.56 Å². The first-order chi connectivity index (χ1) is 6.34. The van der Waals surface area contributed by atoms with E-state index in [0.717, 1.165) is 11.3 Å². The Morgan fingerprint density at radius 2 is 1.92 bits per heavy atom. The molecule has 13 heavy (non-hydrogen) atoms. The summed E-state index contributed by atoms with van der Waals surface area (Å²) in [6.07, 6.45) is 2.20. The van der Waals surface area contributed by atoms with Gasteiger partial charge in [-0.15, -0.1) is 0 Å². The molecule has 0 fully saturated rings. The molecule has 3 nitrogen and oxygen atoms in total. The van der Waals surface area contributed by atoms with Crippen molar-refractivity contribution < 1.29 is 4.79 Å². The zero-order chi connectivity index (χ0) is 9.10. The van der Waals surface area contributed by atoms with E-state index in [4.69, 9.17) is 0 Å². The predicted molar refractivity (Wildman–Crippen MR) is 51.5 cm³/mol. The minimum atomic E-state index is -0.397. The van der Waals surface area contributed by atoms with E-state index >= 15 is 0 Å². The summed E-state index contributed by atoms with van der Waals surface area (Å²) in [5.41, 5.74) is 1.87. The zero-order valence-electron chi connectivity index (χ0n) is 6.97. The Morgan fingerprint density at radius 3 is 2.54 bits per heavy atom. The largest absolute Gasteiger partial charge is 0.367 e. The molecule has 1 aliphatic heterocycles. The Morgan fingerprint density at radius 1 is 1.15 bits per heavy atom. The van der Waals surface area contributed by atoms with E-state index in [1.807, 2.05) is 30.3 Å². The Kier molecular flexibility index (Phi) is 2.00. The number of rotatable bonds is 2. The monoisotopic (exact) mass is 172 g/mol. The Balaban J connectivity index is 2.12. The summed E-state index contributed by atoms with van der Waals surface area (Å²) in [6, 6.07) is 9.48. The SMILES string of the molecule is O=C1N=CC(Cc2ccccc2)=N1. The van der Waals surface area contributed by atoms with Crippen LogP contribution < -0.4 is 0 Å². The van der Waals surface area contributed by atoms with E-state index in [-0.39, 0.29) is 0 Å². The van der Waals surface area contributed by atoms with Crippen LogP contribution in [0.4, 0.5) is 4.79 Å². The maximum Gasteiger partial charge on any atom is 0.367 e. The van der Waals surface area contributed by atoms with Crippen molar-refractivity contribution in [3.8, 4) is 0 Å². The molecular formula is C10H8N2O. The molecule has 0 saturated heterocycles. The minimum Gasteiger partial charge on any atom is -0.244 e. The number of amides is 2. The van der Waals surface area contributed by atoms with Crippen LogP contribution in [-0.2, 0) is 6.42 Å². The molecule has 1 aromatic rings. The standard InChI is InChI=1S/C10H8N2O/c13-10-11-7-9(12-10)6-8-4-2-1-3-5-8/h1-5,7H,6H2. The highest BCUT2D eigenvalue weighted by atomic mass is 16.2. The van der Waals surface area contributed by atoms with Gasteiger partial charge in [-0.25, -0.2) is 4.79 Å². The third-order valence-electron chi connectivity index (χ3n) is 1.79. The maximum absolute atomic E-state index is 10.7. The third kappa shape index (κ3) is 1.87. The zero-order valence-corrected chi connectivity index (χ0v) is 6.97. The molecule has 1 heterocycles. The van der Waals surface area contributed by atoms with Crippen molar-refractivity contribution in [2.75, 3.05) is 0 Å². The first-order valence-corrected chi connectivity index (χ1v) is 4.04. The Bertz CT molecular complexity index is 379. The van der Waals surface area contributed by atoms with Gasteiger partial charge in [0, 0.05) is 6.42 Å². The summed E-state index contributed by atoms with van der Waals surface area (Å²) >= 11 is 0. The summed E-state index contributed by atoms with van der Waals surface area (Å²) in [5, 5.41) is 0. The number of urea groups is 1. The Labute approximate surface area is 75.8 Å². The molecular weight excluding hydrogens is 164 g/mol. The van der Waals surface area contributed by atoms with Gasteiger partial charge in [0.05, 0.1) is 11.9 Å². The summed E-state index contributed by atoms with van der Waals surface area (Å²) in [5.74, 6) is 0. The van der Waals surface area contributed by atoms with E-state index in [1.54, 1.807) is 0 Å². The van der Waals surface area contributed by atoms with E-state index in [0.29, 0.717) is 6.42 Å². The number of benzene rings is 1.